The minimum atomic E-state index is -0.156. The van der Waals surface area contributed by atoms with Gasteiger partial charge in [0.05, 0.1) is 11.4 Å². The zero-order chi connectivity index (χ0) is 21.7. The number of benzene rings is 1. The van der Waals surface area contributed by atoms with E-state index in [9.17, 15) is 0 Å². The van der Waals surface area contributed by atoms with Crippen LogP contribution in [0, 0.1) is 0 Å². The molecule has 6 nitrogen and oxygen atoms in total. The van der Waals surface area contributed by atoms with E-state index in [4.69, 9.17) is 10.7 Å². The van der Waals surface area contributed by atoms with Crippen LogP contribution in [0.4, 0.5) is 0 Å². The number of rotatable bonds is 3. The van der Waals surface area contributed by atoms with Gasteiger partial charge in [-0.3, -0.25) is 10.9 Å². The molecule has 0 radical (unpaired) electrons. The SMILES string of the molecule is C=C1NN=C2c3cc(C4C=CC=CC4)c(-c4ccc(C5(N)CCC5)cc4)nc3C=CN2N1. The van der Waals surface area contributed by atoms with Gasteiger partial charge in [-0.1, -0.05) is 55.1 Å². The highest BCUT2D eigenvalue weighted by molar-refractivity contribution is 6.04. The van der Waals surface area contributed by atoms with Crippen LogP contribution in [0.15, 0.2) is 78.3 Å². The van der Waals surface area contributed by atoms with Gasteiger partial charge in [0, 0.05) is 28.8 Å². The molecule has 4 N–H and O–H groups in total. The highest BCUT2D eigenvalue weighted by atomic mass is 15.6. The summed E-state index contributed by atoms with van der Waals surface area (Å²) in [5, 5.41) is 6.38. The van der Waals surface area contributed by atoms with Gasteiger partial charge >= 0.3 is 0 Å². The van der Waals surface area contributed by atoms with E-state index in [0.717, 1.165) is 47.6 Å². The van der Waals surface area contributed by atoms with Crippen LogP contribution in [-0.2, 0) is 5.54 Å². The van der Waals surface area contributed by atoms with Gasteiger partial charge in [-0.05, 0) is 49.0 Å². The Labute approximate surface area is 187 Å². The number of hydrazone groups is 1. The lowest BCUT2D eigenvalue weighted by atomic mass is 9.72. The first-order valence-electron chi connectivity index (χ1n) is 11.2. The second-order valence-electron chi connectivity index (χ2n) is 8.92. The first-order valence-corrected chi connectivity index (χ1v) is 11.2. The predicted octanol–water partition coefficient (Wildman–Crippen LogP) is 4.21. The van der Waals surface area contributed by atoms with E-state index in [1.54, 1.807) is 0 Å². The number of amidine groups is 1. The quantitative estimate of drug-likeness (QED) is 0.691. The summed E-state index contributed by atoms with van der Waals surface area (Å²) in [6.07, 6.45) is 16.9. The lowest BCUT2D eigenvalue weighted by Crippen LogP contribution is -2.47. The van der Waals surface area contributed by atoms with E-state index in [-0.39, 0.29) is 11.5 Å². The zero-order valence-corrected chi connectivity index (χ0v) is 17.9. The smallest absolute Gasteiger partial charge is 0.181 e. The topological polar surface area (TPSA) is 78.6 Å². The molecule has 2 aliphatic heterocycles. The third kappa shape index (κ3) is 3.07. The third-order valence-electron chi connectivity index (χ3n) is 6.84. The Morgan fingerprint density at radius 3 is 2.72 bits per heavy atom. The maximum absolute atomic E-state index is 6.55. The van der Waals surface area contributed by atoms with Gasteiger partial charge in [0.2, 0.25) is 0 Å². The van der Waals surface area contributed by atoms with Crippen LogP contribution in [0.5, 0.6) is 0 Å². The van der Waals surface area contributed by atoms with Crippen molar-refractivity contribution in [3.63, 3.8) is 0 Å². The Bertz CT molecular complexity index is 1210. The minimum absolute atomic E-state index is 0.156. The molecule has 0 saturated heterocycles. The predicted molar refractivity (Wildman–Crippen MR) is 128 cm³/mol. The summed E-state index contributed by atoms with van der Waals surface area (Å²) >= 11 is 0. The van der Waals surface area contributed by atoms with Crippen LogP contribution in [0.25, 0.3) is 17.3 Å². The van der Waals surface area contributed by atoms with Gasteiger partial charge in [-0.25, -0.2) is 9.99 Å². The fraction of sp³-hybridized carbons (Fsp3) is 0.231. The molecule has 1 aromatic heterocycles. The Kier molecular flexibility index (Phi) is 4.30. The van der Waals surface area contributed by atoms with E-state index in [0.29, 0.717) is 5.82 Å². The van der Waals surface area contributed by atoms with Crippen LogP contribution < -0.4 is 16.6 Å². The summed E-state index contributed by atoms with van der Waals surface area (Å²) in [4.78, 5) is 5.13. The molecule has 6 rings (SSSR count). The van der Waals surface area contributed by atoms with Crippen LogP contribution in [0.1, 0.15) is 54.0 Å². The van der Waals surface area contributed by atoms with E-state index < -0.39 is 0 Å². The van der Waals surface area contributed by atoms with Crippen molar-refractivity contribution < 1.29 is 0 Å². The van der Waals surface area contributed by atoms with E-state index >= 15 is 0 Å². The second-order valence-corrected chi connectivity index (χ2v) is 8.92. The van der Waals surface area contributed by atoms with E-state index in [1.165, 1.54) is 17.5 Å². The Balaban J connectivity index is 1.47. The molecule has 1 aromatic carbocycles. The third-order valence-corrected chi connectivity index (χ3v) is 6.84. The molecule has 0 amide bonds. The molecule has 0 spiro atoms. The number of hydrogen-bond donors (Lipinski definition) is 3. The van der Waals surface area contributed by atoms with Gasteiger partial charge in [-0.2, -0.15) is 5.10 Å². The Hall–Kier alpha value is -3.64. The zero-order valence-electron chi connectivity index (χ0n) is 17.9. The highest BCUT2D eigenvalue weighted by Gasteiger charge is 2.34. The molecular weight excluding hydrogens is 396 g/mol. The molecule has 1 atom stereocenters. The lowest BCUT2D eigenvalue weighted by molar-refractivity contribution is 0.253. The monoisotopic (exact) mass is 422 g/mol. The highest BCUT2D eigenvalue weighted by Crippen LogP contribution is 2.40. The number of fused-ring (bicyclic) bond motifs is 3. The van der Waals surface area contributed by atoms with Crippen LogP contribution in [-0.4, -0.2) is 15.8 Å². The van der Waals surface area contributed by atoms with Gasteiger partial charge in [0.25, 0.3) is 0 Å². The minimum Gasteiger partial charge on any atom is -0.321 e. The largest absolute Gasteiger partial charge is 0.321 e. The lowest BCUT2D eigenvalue weighted by Gasteiger charge is -2.38. The first kappa shape index (κ1) is 19.1. The van der Waals surface area contributed by atoms with Gasteiger partial charge in [0.15, 0.2) is 5.84 Å². The fourth-order valence-electron chi connectivity index (χ4n) is 4.82. The summed E-state index contributed by atoms with van der Waals surface area (Å²) in [5.74, 6) is 1.69. The molecule has 1 saturated carbocycles. The maximum Gasteiger partial charge on any atom is 0.181 e. The fourth-order valence-corrected chi connectivity index (χ4v) is 4.82. The molecule has 6 heteroatoms. The average molecular weight is 423 g/mol. The van der Waals surface area contributed by atoms with Crippen molar-refractivity contribution in [1.82, 2.24) is 20.8 Å². The van der Waals surface area contributed by atoms with Crippen LogP contribution in [0.2, 0.25) is 0 Å². The molecule has 1 fully saturated rings. The van der Waals surface area contributed by atoms with E-state index in [2.05, 4.69) is 77.2 Å². The second kappa shape index (κ2) is 7.21. The number of hydrazine groups is 1. The molecule has 2 aromatic rings. The molecule has 32 heavy (non-hydrogen) atoms. The maximum atomic E-state index is 6.55. The number of allylic oxidation sites excluding steroid dienone is 4. The Morgan fingerprint density at radius 2 is 2.00 bits per heavy atom. The first-order chi connectivity index (χ1) is 15.6. The summed E-state index contributed by atoms with van der Waals surface area (Å²) in [6.45, 7) is 3.89. The summed E-state index contributed by atoms with van der Waals surface area (Å²) in [5.41, 5.74) is 19.0. The van der Waals surface area contributed by atoms with Crippen molar-refractivity contribution in [3.05, 3.63) is 95.6 Å². The van der Waals surface area contributed by atoms with Gasteiger partial charge in [-0.15, -0.1) is 0 Å². The van der Waals surface area contributed by atoms with Gasteiger partial charge < -0.3 is 5.73 Å². The molecule has 0 bridgehead atoms. The molecule has 3 heterocycles. The standard InChI is InChI=1S/C26H26N6/c1-17-29-30-25-22-16-21(18-6-3-2-4-7-18)24(28-23(22)12-15-32(25)31-17)19-8-10-20(11-9-19)26(27)13-5-14-26/h2-4,6,8-12,15-16,18,29,31H,1,5,7,13-14,27H2. The molecule has 2 aliphatic carbocycles. The molecular formula is C26H26N6. The molecule has 160 valence electrons. The summed E-state index contributed by atoms with van der Waals surface area (Å²) < 4.78 is 0. The van der Waals surface area contributed by atoms with Crippen molar-refractivity contribution in [3.8, 4) is 11.3 Å². The van der Waals surface area contributed by atoms with Gasteiger partial charge in [0.1, 0.15) is 5.82 Å². The van der Waals surface area contributed by atoms with Crippen molar-refractivity contribution in [2.75, 3.05) is 0 Å². The van der Waals surface area contributed by atoms with Crippen molar-refractivity contribution in [2.45, 2.75) is 37.1 Å². The number of pyridine rings is 1. The van der Waals surface area contributed by atoms with Crippen molar-refractivity contribution >= 4 is 11.9 Å². The molecule has 1 unspecified atom stereocenters. The summed E-state index contributed by atoms with van der Waals surface area (Å²) in [6, 6.07) is 10.9. The van der Waals surface area contributed by atoms with Crippen molar-refractivity contribution in [2.24, 2.45) is 10.8 Å². The van der Waals surface area contributed by atoms with Crippen LogP contribution >= 0.6 is 0 Å². The van der Waals surface area contributed by atoms with Crippen molar-refractivity contribution in [1.29, 1.82) is 0 Å². The number of aromatic nitrogens is 1. The average Bonchev–Trinajstić information content (AvgIpc) is 2.82. The number of nitrogens with zero attached hydrogens (tertiary/aromatic N) is 3. The number of hydrogen-bond acceptors (Lipinski definition) is 6. The van der Waals surface area contributed by atoms with Crippen LogP contribution in [0.3, 0.4) is 0 Å². The number of nitrogens with two attached hydrogens (primary N) is 1. The van der Waals surface area contributed by atoms with E-state index in [1.807, 2.05) is 17.3 Å². The molecule has 4 aliphatic rings. The normalized spacial score (nSPS) is 22.3. The Morgan fingerprint density at radius 1 is 1.16 bits per heavy atom. The summed E-state index contributed by atoms with van der Waals surface area (Å²) in [7, 11) is 0. The number of nitrogens with one attached hydrogen (secondary N) is 2.